The second kappa shape index (κ2) is 9.41. The Hall–Kier alpha value is -1.63. The highest BCUT2D eigenvalue weighted by Crippen LogP contribution is 1.90. The van der Waals surface area contributed by atoms with Gasteiger partial charge in [0, 0.05) is 6.54 Å². The van der Waals surface area contributed by atoms with Crippen LogP contribution in [0.3, 0.4) is 0 Å². The Balaban J connectivity index is 4.07. The van der Waals surface area contributed by atoms with Crippen LogP contribution in [-0.4, -0.2) is 55.6 Å². The summed E-state index contributed by atoms with van der Waals surface area (Å²) in [6.45, 7) is 6.57. The van der Waals surface area contributed by atoms with Crippen molar-refractivity contribution in [3.8, 4) is 0 Å². The second-order valence-corrected chi connectivity index (χ2v) is 3.52. The Bertz CT molecular complexity index is 294. The lowest BCUT2D eigenvalue weighted by Crippen LogP contribution is -2.45. The van der Waals surface area contributed by atoms with Gasteiger partial charge >= 0.3 is 12.0 Å². The number of esters is 1. The molecule has 0 atom stereocenters. The molecule has 0 heterocycles. The summed E-state index contributed by atoms with van der Waals surface area (Å²) in [6, 6.07) is -0.533. The Labute approximate surface area is 107 Å². The number of imide groups is 1. The van der Waals surface area contributed by atoms with Gasteiger partial charge < -0.3 is 10.1 Å². The van der Waals surface area contributed by atoms with Gasteiger partial charge in [-0.1, -0.05) is 6.92 Å². The van der Waals surface area contributed by atoms with Gasteiger partial charge in [0.1, 0.15) is 0 Å². The number of rotatable bonds is 7. The molecule has 0 unspecified atom stereocenters. The molecule has 0 aliphatic heterocycles. The van der Waals surface area contributed by atoms with Crippen molar-refractivity contribution < 1.29 is 19.1 Å². The van der Waals surface area contributed by atoms with Crippen LogP contribution in [0.25, 0.3) is 0 Å². The standard InChI is InChI=1S/C11H21N3O4/c1-4-12-11(17)13-9(15)7-14(5-2)8-10(16)18-6-3/h4-8H2,1-3H3,(H2,12,13,15,17). The third-order valence-electron chi connectivity index (χ3n) is 2.06. The van der Waals surface area contributed by atoms with E-state index in [0.29, 0.717) is 19.7 Å². The number of nitrogens with one attached hydrogen (secondary N) is 2. The molecule has 0 bridgehead atoms. The van der Waals surface area contributed by atoms with Crippen molar-refractivity contribution in [1.82, 2.24) is 15.5 Å². The smallest absolute Gasteiger partial charge is 0.321 e. The minimum atomic E-state index is -0.533. The van der Waals surface area contributed by atoms with Crippen molar-refractivity contribution in [2.24, 2.45) is 0 Å². The summed E-state index contributed by atoms with van der Waals surface area (Å²) in [7, 11) is 0. The van der Waals surface area contributed by atoms with E-state index >= 15 is 0 Å². The van der Waals surface area contributed by atoms with Crippen LogP contribution in [0, 0.1) is 0 Å². The molecule has 0 aromatic heterocycles. The van der Waals surface area contributed by atoms with E-state index in [1.165, 1.54) is 0 Å². The van der Waals surface area contributed by atoms with Crippen molar-refractivity contribution in [2.75, 3.05) is 32.8 Å². The van der Waals surface area contributed by atoms with E-state index in [-0.39, 0.29) is 19.1 Å². The number of ether oxygens (including phenoxy) is 1. The molecular weight excluding hydrogens is 238 g/mol. The molecule has 0 radical (unpaired) electrons. The van der Waals surface area contributed by atoms with Gasteiger partial charge in [-0.05, 0) is 20.4 Å². The summed E-state index contributed by atoms with van der Waals surface area (Å²) in [5.41, 5.74) is 0. The maximum absolute atomic E-state index is 11.5. The zero-order chi connectivity index (χ0) is 14.0. The van der Waals surface area contributed by atoms with E-state index in [4.69, 9.17) is 4.74 Å². The van der Waals surface area contributed by atoms with Crippen LogP contribution in [0.15, 0.2) is 0 Å². The molecule has 0 aliphatic rings. The summed E-state index contributed by atoms with van der Waals surface area (Å²) in [5.74, 6) is -0.836. The highest BCUT2D eigenvalue weighted by Gasteiger charge is 2.15. The molecule has 7 nitrogen and oxygen atoms in total. The minimum Gasteiger partial charge on any atom is -0.465 e. The maximum atomic E-state index is 11.5. The van der Waals surface area contributed by atoms with Crippen molar-refractivity contribution in [2.45, 2.75) is 20.8 Å². The van der Waals surface area contributed by atoms with Crippen LogP contribution in [0.2, 0.25) is 0 Å². The molecular formula is C11H21N3O4. The first-order valence-electron chi connectivity index (χ1n) is 5.99. The van der Waals surface area contributed by atoms with Gasteiger partial charge in [0.25, 0.3) is 0 Å². The molecule has 0 aromatic rings. The zero-order valence-electron chi connectivity index (χ0n) is 11.1. The Morgan fingerprint density at radius 3 is 2.28 bits per heavy atom. The van der Waals surface area contributed by atoms with Gasteiger partial charge in [-0.15, -0.1) is 0 Å². The summed E-state index contributed by atoms with van der Waals surface area (Å²) < 4.78 is 4.78. The lowest BCUT2D eigenvalue weighted by molar-refractivity contribution is -0.144. The molecule has 0 rings (SSSR count). The molecule has 2 N–H and O–H groups in total. The summed E-state index contributed by atoms with van der Waals surface area (Å²) in [5, 5.41) is 4.62. The number of carbonyl (C=O) groups excluding carboxylic acids is 3. The average molecular weight is 259 g/mol. The number of urea groups is 1. The summed E-state index contributed by atoms with van der Waals surface area (Å²) in [4.78, 5) is 35.4. The fourth-order valence-electron chi connectivity index (χ4n) is 1.24. The molecule has 7 heteroatoms. The quantitative estimate of drug-likeness (QED) is 0.614. The van der Waals surface area contributed by atoms with E-state index < -0.39 is 11.9 Å². The predicted octanol–water partition coefficient (Wildman–Crippen LogP) is -0.283. The summed E-state index contributed by atoms with van der Waals surface area (Å²) >= 11 is 0. The average Bonchev–Trinajstić information content (AvgIpc) is 2.28. The number of nitrogens with zero attached hydrogens (tertiary/aromatic N) is 1. The van der Waals surface area contributed by atoms with E-state index in [1.807, 2.05) is 6.92 Å². The molecule has 0 aliphatic carbocycles. The number of likely N-dealkylation sites (N-methyl/N-ethyl adjacent to an activating group) is 1. The van der Waals surface area contributed by atoms with Gasteiger partial charge in [0.2, 0.25) is 5.91 Å². The van der Waals surface area contributed by atoms with Crippen LogP contribution in [0.5, 0.6) is 0 Å². The normalized spacial score (nSPS) is 10.0. The van der Waals surface area contributed by atoms with E-state index in [0.717, 1.165) is 0 Å². The topological polar surface area (TPSA) is 87.7 Å². The van der Waals surface area contributed by atoms with E-state index in [1.54, 1.807) is 18.7 Å². The highest BCUT2D eigenvalue weighted by atomic mass is 16.5. The lowest BCUT2D eigenvalue weighted by Gasteiger charge is -2.18. The van der Waals surface area contributed by atoms with Crippen LogP contribution < -0.4 is 10.6 Å². The van der Waals surface area contributed by atoms with E-state index in [9.17, 15) is 14.4 Å². The fourth-order valence-corrected chi connectivity index (χ4v) is 1.24. The number of hydrogen-bond acceptors (Lipinski definition) is 5. The molecule has 3 amide bonds. The first kappa shape index (κ1) is 16.4. The van der Waals surface area contributed by atoms with Gasteiger partial charge in [0.15, 0.2) is 0 Å². The third kappa shape index (κ3) is 7.61. The second-order valence-electron chi connectivity index (χ2n) is 3.52. The molecule has 0 saturated carbocycles. The highest BCUT2D eigenvalue weighted by molar-refractivity contribution is 5.95. The number of carbonyl (C=O) groups is 3. The van der Waals surface area contributed by atoms with Gasteiger partial charge in [-0.25, -0.2) is 4.79 Å². The molecule has 0 aromatic carbocycles. The molecule has 0 saturated heterocycles. The first-order valence-corrected chi connectivity index (χ1v) is 5.99. The number of hydrogen-bond donors (Lipinski definition) is 2. The fraction of sp³-hybridized carbons (Fsp3) is 0.727. The summed E-state index contributed by atoms with van der Waals surface area (Å²) in [6.07, 6.45) is 0. The Morgan fingerprint density at radius 2 is 1.78 bits per heavy atom. The SMILES string of the molecule is CCNC(=O)NC(=O)CN(CC)CC(=O)OCC. The van der Waals surface area contributed by atoms with Crippen molar-refractivity contribution in [3.63, 3.8) is 0 Å². The monoisotopic (exact) mass is 259 g/mol. The van der Waals surface area contributed by atoms with E-state index in [2.05, 4.69) is 10.6 Å². The number of amides is 3. The zero-order valence-corrected chi connectivity index (χ0v) is 11.1. The van der Waals surface area contributed by atoms with Crippen LogP contribution >= 0.6 is 0 Å². The molecule has 18 heavy (non-hydrogen) atoms. The van der Waals surface area contributed by atoms with Gasteiger partial charge in [0.05, 0.1) is 19.7 Å². The maximum Gasteiger partial charge on any atom is 0.321 e. The van der Waals surface area contributed by atoms with Crippen LogP contribution in [-0.2, 0) is 14.3 Å². The molecule has 0 spiro atoms. The lowest BCUT2D eigenvalue weighted by atomic mass is 10.4. The third-order valence-corrected chi connectivity index (χ3v) is 2.06. The minimum absolute atomic E-state index is 0.0214. The van der Waals surface area contributed by atoms with Gasteiger partial charge in [-0.3, -0.25) is 19.8 Å². The predicted molar refractivity (Wildman–Crippen MR) is 66.0 cm³/mol. The van der Waals surface area contributed by atoms with Gasteiger partial charge in [-0.2, -0.15) is 0 Å². The molecule has 104 valence electrons. The molecule has 0 fully saturated rings. The van der Waals surface area contributed by atoms with Crippen molar-refractivity contribution in [1.29, 1.82) is 0 Å². The Kier molecular flexibility index (Phi) is 8.55. The van der Waals surface area contributed by atoms with Crippen LogP contribution in [0.1, 0.15) is 20.8 Å². The van der Waals surface area contributed by atoms with Crippen molar-refractivity contribution >= 4 is 17.9 Å². The first-order chi connectivity index (χ1) is 8.53. The van der Waals surface area contributed by atoms with Crippen molar-refractivity contribution in [3.05, 3.63) is 0 Å². The van der Waals surface area contributed by atoms with Crippen LogP contribution in [0.4, 0.5) is 4.79 Å². The largest absolute Gasteiger partial charge is 0.465 e. The Morgan fingerprint density at radius 1 is 1.11 bits per heavy atom.